The van der Waals surface area contributed by atoms with Crippen LogP contribution in [-0.2, 0) is 20.9 Å². The first-order valence-electron chi connectivity index (χ1n) is 6.55. The van der Waals surface area contributed by atoms with E-state index in [9.17, 15) is 14.4 Å². The molecule has 0 bridgehead atoms. The van der Waals surface area contributed by atoms with Gasteiger partial charge in [-0.3, -0.25) is 14.9 Å². The summed E-state index contributed by atoms with van der Waals surface area (Å²) >= 11 is 0. The summed E-state index contributed by atoms with van der Waals surface area (Å²) in [6.07, 6.45) is 0. The first kappa shape index (κ1) is 15.0. The third-order valence-corrected chi connectivity index (χ3v) is 3.17. The highest BCUT2D eigenvalue weighted by Crippen LogP contribution is 2.05. The van der Waals surface area contributed by atoms with Crippen molar-refractivity contribution >= 4 is 17.8 Å². The molecule has 1 heterocycles. The van der Waals surface area contributed by atoms with E-state index >= 15 is 0 Å². The van der Waals surface area contributed by atoms with Crippen LogP contribution in [0.15, 0.2) is 24.3 Å². The van der Waals surface area contributed by atoms with Crippen molar-refractivity contribution in [3.8, 4) is 0 Å². The molecule has 1 saturated heterocycles. The van der Waals surface area contributed by atoms with Crippen molar-refractivity contribution < 1.29 is 19.1 Å². The monoisotopic (exact) mass is 291 g/mol. The summed E-state index contributed by atoms with van der Waals surface area (Å²) in [5.74, 6) is -0.683. The highest BCUT2D eigenvalue weighted by molar-refractivity contribution is 5.89. The average Bonchev–Trinajstić information content (AvgIpc) is 2.53. The number of hydrogen-bond acceptors (Lipinski definition) is 5. The normalized spacial score (nSPS) is 17.8. The average molecular weight is 291 g/mol. The zero-order valence-electron chi connectivity index (χ0n) is 11.6. The van der Waals surface area contributed by atoms with Gasteiger partial charge in [0.15, 0.2) is 0 Å². The Kier molecular flexibility index (Phi) is 4.89. The molecule has 7 nitrogen and oxygen atoms in total. The van der Waals surface area contributed by atoms with Crippen LogP contribution in [0.4, 0.5) is 0 Å². The minimum atomic E-state index is -0.419. The summed E-state index contributed by atoms with van der Waals surface area (Å²) in [4.78, 5) is 34.2. The van der Waals surface area contributed by atoms with Gasteiger partial charge in [0.25, 0.3) is 0 Å². The van der Waals surface area contributed by atoms with Gasteiger partial charge >= 0.3 is 5.97 Å². The van der Waals surface area contributed by atoms with E-state index in [0.717, 1.165) is 5.56 Å². The van der Waals surface area contributed by atoms with Crippen LogP contribution in [0.3, 0.4) is 0 Å². The molecule has 0 radical (unpaired) electrons. The number of amides is 2. The van der Waals surface area contributed by atoms with E-state index in [1.165, 1.54) is 7.11 Å². The van der Waals surface area contributed by atoms with Crippen LogP contribution in [0.1, 0.15) is 15.9 Å². The number of carbonyl (C=O) groups is 3. The quantitative estimate of drug-likeness (QED) is 0.630. The summed E-state index contributed by atoms with van der Waals surface area (Å²) in [6.45, 7) is 0.782. The van der Waals surface area contributed by atoms with Gasteiger partial charge in [0.05, 0.1) is 19.2 Å². The van der Waals surface area contributed by atoms with Gasteiger partial charge in [-0.1, -0.05) is 12.1 Å². The van der Waals surface area contributed by atoms with Crippen LogP contribution in [0.25, 0.3) is 0 Å². The Hall–Kier alpha value is -2.41. The van der Waals surface area contributed by atoms with Crippen LogP contribution < -0.4 is 16.0 Å². The molecule has 1 aliphatic rings. The van der Waals surface area contributed by atoms with E-state index < -0.39 is 12.0 Å². The smallest absolute Gasteiger partial charge is 0.337 e. The maximum absolute atomic E-state index is 11.9. The highest BCUT2D eigenvalue weighted by Gasteiger charge is 2.23. The Balaban J connectivity index is 1.83. The number of benzene rings is 1. The summed E-state index contributed by atoms with van der Waals surface area (Å²) in [7, 11) is 1.33. The van der Waals surface area contributed by atoms with Gasteiger partial charge in [0.1, 0.15) is 6.04 Å². The van der Waals surface area contributed by atoms with E-state index in [0.29, 0.717) is 12.1 Å². The first-order valence-corrected chi connectivity index (χ1v) is 6.55. The molecule has 1 fully saturated rings. The number of hydrogen-bond donors (Lipinski definition) is 3. The molecule has 0 spiro atoms. The number of ether oxygens (including phenoxy) is 1. The number of carbonyl (C=O) groups excluding carboxylic acids is 3. The molecule has 0 saturated carbocycles. The summed E-state index contributed by atoms with van der Waals surface area (Å²) in [5, 5.41) is 8.25. The van der Waals surface area contributed by atoms with Crippen molar-refractivity contribution in [1.82, 2.24) is 16.0 Å². The number of rotatable bonds is 4. The lowest BCUT2D eigenvalue weighted by Gasteiger charge is -2.23. The summed E-state index contributed by atoms with van der Waals surface area (Å²) in [6, 6.07) is 6.38. The number of esters is 1. The SMILES string of the molecule is COC(=O)c1ccc(CNC(=O)C2CNC(=O)CN2)cc1. The van der Waals surface area contributed by atoms with Crippen molar-refractivity contribution in [3.05, 3.63) is 35.4 Å². The third-order valence-electron chi connectivity index (χ3n) is 3.17. The van der Waals surface area contributed by atoms with Crippen LogP contribution in [0.2, 0.25) is 0 Å². The van der Waals surface area contributed by atoms with Crippen molar-refractivity contribution in [2.24, 2.45) is 0 Å². The Bertz CT molecular complexity index is 532. The van der Waals surface area contributed by atoms with Crippen molar-refractivity contribution in [2.75, 3.05) is 20.2 Å². The van der Waals surface area contributed by atoms with Gasteiger partial charge in [0.2, 0.25) is 11.8 Å². The fourth-order valence-electron chi connectivity index (χ4n) is 1.94. The van der Waals surface area contributed by atoms with Gasteiger partial charge in [-0.25, -0.2) is 4.79 Å². The largest absolute Gasteiger partial charge is 0.465 e. The lowest BCUT2D eigenvalue weighted by atomic mass is 10.1. The fourth-order valence-corrected chi connectivity index (χ4v) is 1.94. The van der Waals surface area contributed by atoms with Crippen molar-refractivity contribution in [1.29, 1.82) is 0 Å². The second-order valence-corrected chi connectivity index (χ2v) is 4.64. The van der Waals surface area contributed by atoms with Crippen LogP contribution in [-0.4, -0.2) is 44.0 Å². The van der Waals surface area contributed by atoms with Crippen molar-refractivity contribution in [2.45, 2.75) is 12.6 Å². The molecule has 21 heavy (non-hydrogen) atoms. The fraction of sp³-hybridized carbons (Fsp3) is 0.357. The topological polar surface area (TPSA) is 96.5 Å². The molecule has 112 valence electrons. The second kappa shape index (κ2) is 6.85. The Morgan fingerprint density at radius 2 is 2.05 bits per heavy atom. The summed E-state index contributed by atoms with van der Waals surface area (Å²) < 4.78 is 4.61. The van der Waals surface area contributed by atoms with Crippen LogP contribution in [0.5, 0.6) is 0 Å². The molecule has 1 aliphatic heterocycles. The third kappa shape index (κ3) is 4.03. The minimum Gasteiger partial charge on any atom is -0.465 e. The zero-order chi connectivity index (χ0) is 15.2. The van der Waals surface area contributed by atoms with Crippen molar-refractivity contribution in [3.63, 3.8) is 0 Å². The predicted molar refractivity (Wildman–Crippen MR) is 74.4 cm³/mol. The lowest BCUT2D eigenvalue weighted by Crippen LogP contribution is -2.57. The van der Waals surface area contributed by atoms with Gasteiger partial charge in [-0.05, 0) is 17.7 Å². The Labute approximate surface area is 122 Å². The molecule has 3 N–H and O–H groups in total. The van der Waals surface area contributed by atoms with Crippen LogP contribution in [0, 0.1) is 0 Å². The molecule has 1 atom stereocenters. The molecular weight excluding hydrogens is 274 g/mol. The van der Waals surface area contributed by atoms with E-state index in [1.54, 1.807) is 24.3 Å². The van der Waals surface area contributed by atoms with Gasteiger partial charge in [-0.15, -0.1) is 0 Å². The predicted octanol–water partition coefficient (Wildman–Crippen LogP) is -0.823. The van der Waals surface area contributed by atoms with Gasteiger partial charge in [-0.2, -0.15) is 0 Å². The first-order chi connectivity index (χ1) is 10.1. The van der Waals surface area contributed by atoms with E-state index in [4.69, 9.17) is 0 Å². The Morgan fingerprint density at radius 3 is 2.62 bits per heavy atom. The summed E-state index contributed by atoms with van der Waals surface area (Å²) in [5.41, 5.74) is 1.33. The molecule has 1 aromatic rings. The number of piperazine rings is 1. The zero-order valence-corrected chi connectivity index (χ0v) is 11.6. The molecule has 2 rings (SSSR count). The molecule has 0 aliphatic carbocycles. The maximum Gasteiger partial charge on any atom is 0.337 e. The maximum atomic E-state index is 11.9. The minimum absolute atomic E-state index is 0.113. The molecule has 2 amide bonds. The molecule has 7 heteroatoms. The molecular formula is C14H17N3O4. The lowest BCUT2D eigenvalue weighted by molar-refractivity contribution is -0.126. The molecule has 1 unspecified atom stereocenters. The van der Waals surface area contributed by atoms with Gasteiger partial charge in [0, 0.05) is 13.1 Å². The Morgan fingerprint density at radius 1 is 1.33 bits per heavy atom. The standard InChI is InChI=1S/C14H17N3O4/c1-21-14(20)10-4-2-9(3-5-10)6-17-13(19)11-7-16-12(18)8-15-11/h2-5,11,15H,6-8H2,1H3,(H,16,18)(H,17,19). The van der Waals surface area contributed by atoms with E-state index in [1.807, 2.05) is 0 Å². The number of nitrogens with one attached hydrogen (secondary N) is 3. The van der Waals surface area contributed by atoms with Crippen LogP contribution >= 0.6 is 0 Å². The molecule has 1 aromatic carbocycles. The second-order valence-electron chi connectivity index (χ2n) is 4.64. The highest BCUT2D eigenvalue weighted by atomic mass is 16.5. The number of methoxy groups -OCH3 is 1. The van der Waals surface area contributed by atoms with Gasteiger partial charge < -0.3 is 15.4 Å². The van der Waals surface area contributed by atoms with E-state index in [-0.39, 0.29) is 24.9 Å². The molecule has 0 aromatic heterocycles. The van der Waals surface area contributed by atoms with E-state index in [2.05, 4.69) is 20.7 Å².